The maximum atomic E-state index is 2.48. The van der Waals surface area contributed by atoms with Crippen LogP contribution in [-0.2, 0) is 0 Å². The van der Waals surface area contributed by atoms with E-state index in [0.29, 0.717) is 0 Å². The molecule has 0 aromatic heterocycles. The monoisotopic (exact) mass is 180 g/mol. The van der Waals surface area contributed by atoms with Crippen LogP contribution < -0.4 is 0 Å². The second-order valence-corrected chi connectivity index (χ2v) is 5.92. The van der Waals surface area contributed by atoms with E-state index in [1.54, 1.807) is 0 Å². The molecule has 0 heterocycles. The summed E-state index contributed by atoms with van der Waals surface area (Å²) < 4.78 is 0. The summed E-state index contributed by atoms with van der Waals surface area (Å²) >= 11 is 0. The van der Waals surface area contributed by atoms with E-state index in [1.165, 1.54) is 19.3 Å². The van der Waals surface area contributed by atoms with Crippen molar-refractivity contribution in [3.05, 3.63) is 0 Å². The van der Waals surface area contributed by atoms with Gasteiger partial charge in [0.25, 0.3) is 0 Å². The zero-order chi connectivity index (χ0) is 9.59. The molecule has 13 heavy (non-hydrogen) atoms. The van der Waals surface area contributed by atoms with E-state index in [4.69, 9.17) is 0 Å². The predicted molar refractivity (Wildman–Crippen MR) is 57.5 cm³/mol. The predicted octanol–water partition coefficient (Wildman–Crippen LogP) is 3.96. The summed E-state index contributed by atoms with van der Waals surface area (Å²) in [5.41, 5.74) is 0. The SMILES string of the molecule is CC1CC2CC(C)C(C)C2CC1C. The second kappa shape index (κ2) is 3.29. The number of rotatable bonds is 0. The van der Waals surface area contributed by atoms with E-state index in [2.05, 4.69) is 27.7 Å². The maximum absolute atomic E-state index is 2.48. The molecule has 0 bridgehead atoms. The molecular weight excluding hydrogens is 156 g/mol. The third kappa shape index (κ3) is 1.53. The molecule has 0 amide bonds. The first-order valence-corrected chi connectivity index (χ1v) is 6.09. The average Bonchev–Trinajstić information content (AvgIpc) is 2.32. The Bertz CT molecular complexity index is 184. The molecule has 2 aliphatic rings. The molecule has 0 nitrogen and oxygen atoms in total. The van der Waals surface area contributed by atoms with Crippen molar-refractivity contribution in [3.8, 4) is 0 Å². The Hall–Kier alpha value is 0. The lowest BCUT2D eigenvalue weighted by molar-refractivity contribution is 0.133. The fourth-order valence-electron chi connectivity index (χ4n) is 3.77. The molecule has 76 valence electrons. The topological polar surface area (TPSA) is 0 Å². The van der Waals surface area contributed by atoms with Crippen molar-refractivity contribution in [2.24, 2.45) is 35.5 Å². The Morgan fingerprint density at radius 3 is 1.92 bits per heavy atom. The van der Waals surface area contributed by atoms with Crippen LogP contribution in [0.4, 0.5) is 0 Å². The Morgan fingerprint density at radius 1 is 0.692 bits per heavy atom. The van der Waals surface area contributed by atoms with Gasteiger partial charge in [-0.25, -0.2) is 0 Å². The highest BCUT2D eigenvalue weighted by atomic mass is 14.5. The molecule has 6 unspecified atom stereocenters. The van der Waals surface area contributed by atoms with Gasteiger partial charge in [-0.3, -0.25) is 0 Å². The van der Waals surface area contributed by atoms with Gasteiger partial charge in [0.05, 0.1) is 0 Å². The first-order valence-electron chi connectivity index (χ1n) is 6.09. The quantitative estimate of drug-likeness (QED) is 0.529. The van der Waals surface area contributed by atoms with Crippen molar-refractivity contribution < 1.29 is 0 Å². The molecule has 0 aliphatic heterocycles. The molecule has 0 spiro atoms. The molecular formula is C13H24. The molecule has 2 aliphatic carbocycles. The third-order valence-corrected chi connectivity index (χ3v) is 5.14. The van der Waals surface area contributed by atoms with Crippen molar-refractivity contribution in [2.45, 2.75) is 47.0 Å². The van der Waals surface area contributed by atoms with E-state index in [1.807, 2.05) is 0 Å². The third-order valence-electron chi connectivity index (χ3n) is 5.14. The normalized spacial score (nSPS) is 56.3. The second-order valence-electron chi connectivity index (χ2n) is 5.92. The van der Waals surface area contributed by atoms with Crippen LogP contribution in [0.3, 0.4) is 0 Å². The first kappa shape index (κ1) is 9.55. The van der Waals surface area contributed by atoms with Gasteiger partial charge in [-0.2, -0.15) is 0 Å². The van der Waals surface area contributed by atoms with Crippen LogP contribution in [0, 0.1) is 35.5 Å². The lowest BCUT2D eigenvalue weighted by atomic mass is 9.69. The smallest absolute Gasteiger partial charge is 0.0355 e. The molecule has 0 radical (unpaired) electrons. The fraction of sp³-hybridized carbons (Fsp3) is 1.00. The Labute approximate surface area is 83.1 Å². The highest BCUT2D eigenvalue weighted by Gasteiger charge is 2.42. The van der Waals surface area contributed by atoms with Crippen molar-refractivity contribution in [3.63, 3.8) is 0 Å². The summed E-state index contributed by atoms with van der Waals surface area (Å²) in [6, 6.07) is 0. The van der Waals surface area contributed by atoms with Crippen molar-refractivity contribution in [1.82, 2.24) is 0 Å². The van der Waals surface area contributed by atoms with Crippen LogP contribution in [0.25, 0.3) is 0 Å². The molecule has 2 fully saturated rings. The molecule has 2 rings (SSSR count). The Morgan fingerprint density at radius 2 is 1.23 bits per heavy atom. The van der Waals surface area contributed by atoms with E-state index in [9.17, 15) is 0 Å². The summed E-state index contributed by atoms with van der Waals surface area (Å²) in [5, 5.41) is 0. The van der Waals surface area contributed by atoms with Gasteiger partial charge in [0.1, 0.15) is 0 Å². The van der Waals surface area contributed by atoms with Gasteiger partial charge in [0, 0.05) is 0 Å². The van der Waals surface area contributed by atoms with Gasteiger partial charge in [0.15, 0.2) is 0 Å². The molecule has 6 atom stereocenters. The van der Waals surface area contributed by atoms with Crippen molar-refractivity contribution >= 4 is 0 Å². The van der Waals surface area contributed by atoms with Gasteiger partial charge in [0.2, 0.25) is 0 Å². The van der Waals surface area contributed by atoms with E-state index < -0.39 is 0 Å². The van der Waals surface area contributed by atoms with Crippen LogP contribution in [0.5, 0.6) is 0 Å². The number of hydrogen-bond donors (Lipinski definition) is 0. The van der Waals surface area contributed by atoms with Crippen LogP contribution in [0.2, 0.25) is 0 Å². The summed E-state index contributed by atoms with van der Waals surface area (Å²) in [7, 11) is 0. The Kier molecular flexibility index (Phi) is 2.42. The Balaban J connectivity index is 2.08. The minimum absolute atomic E-state index is 0.981. The van der Waals surface area contributed by atoms with Crippen LogP contribution in [-0.4, -0.2) is 0 Å². The zero-order valence-electron chi connectivity index (χ0n) is 9.59. The highest BCUT2D eigenvalue weighted by molar-refractivity contribution is 4.92. The summed E-state index contributed by atoms with van der Waals surface area (Å²) in [5.74, 6) is 6.11. The maximum Gasteiger partial charge on any atom is -0.0355 e. The summed E-state index contributed by atoms with van der Waals surface area (Å²) in [4.78, 5) is 0. The van der Waals surface area contributed by atoms with Crippen molar-refractivity contribution in [2.75, 3.05) is 0 Å². The number of hydrogen-bond acceptors (Lipinski definition) is 0. The van der Waals surface area contributed by atoms with Crippen LogP contribution in [0.1, 0.15) is 47.0 Å². The van der Waals surface area contributed by atoms with Gasteiger partial charge < -0.3 is 0 Å². The van der Waals surface area contributed by atoms with Gasteiger partial charge in [-0.05, 0) is 54.8 Å². The minimum atomic E-state index is 0.981. The standard InChI is InChI=1S/C13H24/c1-8-5-12-6-10(3)11(4)13(12)7-9(8)2/h8-13H,5-7H2,1-4H3. The highest BCUT2D eigenvalue weighted by Crippen LogP contribution is 2.51. The summed E-state index contributed by atoms with van der Waals surface area (Å²) in [6.45, 7) is 9.85. The van der Waals surface area contributed by atoms with Crippen molar-refractivity contribution in [1.29, 1.82) is 0 Å². The lowest BCUT2D eigenvalue weighted by Gasteiger charge is -2.36. The molecule has 0 aromatic carbocycles. The average molecular weight is 180 g/mol. The van der Waals surface area contributed by atoms with Crippen LogP contribution >= 0.6 is 0 Å². The van der Waals surface area contributed by atoms with Gasteiger partial charge in [-0.15, -0.1) is 0 Å². The fourth-order valence-corrected chi connectivity index (χ4v) is 3.77. The molecule has 0 aromatic rings. The van der Waals surface area contributed by atoms with E-state index in [-0.39, 0.29) is 0 Å². The molecule has 0 saturated heterocycles. The summed E-state index contributed by atoms with van der Waals surface area (Å²) in [6.07, 6.45) is 4.54. The molecule has 0 heteroatoms. The van der Waals surface area contributed by atoms with Crippen LogP contribution in [0.15, 0.2) is 0 Å². The van der Waals surface area contributed by atoms with E-state index >= 15 is 0 Å². The largest absolute Gasteiger partial charge is 0.0622 e. The first-order chi connectivity index (χ1) is 6.09. The molecule has 0 N–H and O–H groups in total. The molecule has 2 saturated carbocycles. The zero-order valence-corrected chi connectivity index (χ0v) is 9.59. The number of fused-ring (bicyclic) bond motifs is 1. The lowest BCUT2D eigenvalue weighted by Crippen LogP contribution is -2.28. The van der Waals surface area contributed by atoms with E-state index in [0.717, 1.165) is 35.5 Å². The van der Waals surface area contributed by atoms with Gasteiger partial charge in [-0.1, -0.05) is 27.7 Å². The minimum Gasteiger partial charge on any atom is -0.0622 e. The van der Waals surface area contributed by atoms with Gasteiger partial charge >= 0.3 is 0 Å².